The molecule has 3 rings (SSSR count). The second-order valence-corrected chi connectivity index (χ2v) is 5.85. The number of amides is 3. The third-order valence-corrected chi connectivity index (χ3v) is 3.89. The summed E-state index contributed by atoms with van der Waals surface area (Å²) in [5, 5.41) is 2.68. The maximum absolute atomic E-state index is 12.9. The minimum Gasteiger partial charge on any atom is -0.457 e. The molecule has 0 unspecified atom stereocenters. The van der Waals surface area contributed by atoms with Crippen LogP contribution in [0, 0.1) is 5.82 Å². The van der Waals surface area contributed by atoms with Gasteiger partial charge in [-0.15, -0.1) is 0 Å². The van der Waals surface area contributed by atoms with Gasteiger partial charge in [-0.05, 0) is 42.0 Å². The smallest absolute Gasteiger partial charge is 0.240 e. The highest BCUT2D eigenvalue weighted by molar-refractivity contribution is 6.04. The molecule has 1 aliphatic rings. The van der Waals surface area contributed by atoms with Gasteiger partial charge in [-0.1, -0.05) is 12.1 Å². The highest BCUT2D eigenvalue weighted by Gasteiger charge is 2.30. The first-order valence-electron chi connectivity index (χ1n) is 8.13. The molecule has 1 fully saturated rings. The zero-order chi connectivity index (χ0) is 18.5. The fraction of sp³-hybridized carbons (Fsp3) is 0.211. The Balaban J connectivity index is 1.55. The molecule has 0 aromatic heterocycles. The van der Waals surface area contributed by atoms with E-state index < -0.39 is 5.91 Å². The predicted molar refractivity (Wildman–Crippen MR) is 90.7 cm³/mol. The van der Waals surface area contributed by atoms with E-state index in [9.17, 15) is 18.8 Å². The number of nitrogens with one attached hydrogen (secondary N) is 1. The molecule has 0 spiro atoms. The van der Waals surface area contributed by atoms with E-state index in [-0.39, 0.29) is 43.6 Å². The molecule has 134 valence electrons. The average Bonchev–Trinajstić information content (AvgIpc) is 2.94. The van der Waals surface area contributed by atoms with Gasteiger partial charge in [0.25, 0.3) is 0 Å². The van der Waals surface area contributed by atoms with Crippen LogP contribution in [-0.4, -0.2) is 29.2 Å². The van der Waals surface area contributed by atoms with Gasteiger partial charge in [0, 0.05) is 19.4 Å². The lowest BCUT2D eigenvalue weighted by Crippen LogP contribution is -2.39. The summed E-state index contributed by atoms with van der Waals surface area (Å²) in [5.74, 6) is -0.339. The van der Waals surface area contributed by atoms with Gasteiger partial charge in [-0.2, -0.15) is 0 Å². The SMILES string of the molecule is O=C(CN1C(=O)CCC1=O)NCc1cccc(Oc2ccc(F)cc2)c1. The molecule has 2 aromatic carbocycles. The molecule has 1 N–H and O–H groups in total. The van der Waals surface area contributed by atoms with Gasteiger partial charge in [0.05, 0.1) is 0 Å². The molecule has 2 aromatic rings. The molecule has 1 heterocycles. The van der Waals surface area contributed by atoms with E-state index in [4.69, 9.17) is 4.74 Å². The quantitative estimate of drug-likeness (QED) is 0.807. The van der Waals surface area contributed by atoms with Gasteiger partial charge in [0.15, 0.2) is 0 Å². The van der Waals surface area contributed by atoms with Crippen molar-refractivity contribution in [1.82, 2.24) is 10.2 Å². The third-order valence-electron chi connectivity index (χ3n) is 3.89. The Hall–Kier alpha value is -3.22. The molecule has 26 heavy (non-hydrogen) atoms. The summed E-state index contributed by atoms with van der Waals surface area (Å²) in [6.07, 6.45) is 0.323. The number of likely N-dealkylation sites (tertiary alicyclic amines) is 1. The number of ether oxygens (including phenoxy) is 1. The number of nitrogens with zero attached hydrogens (tertiary/aromatic N) is 1. The van der Waals surface area contributed by atoms with E-state index in [2.05, 4.69) is 5.32 Å². The summed E-state index contributed by atoms with van der Waals surface area (Å²) in [6.45, 7) is -0.0287. The van der Waals surface area contributed by atoms with Crippen molar-refractivity contribution in [3.63, 3.8) is 0 Å². The van der Waals surface area contributed by atoms with Crippen LogP contribution in [0.15, 0.2) is 48.5 Å². The second-order valence-electron chi connectivity index (χ2n) is 5.85. The number of imide groups is 1. The minimum atomic E-state index is -0.404. The first-order chi connectivity index (χ1) is 12.5. The van der Waals surface area contributed by atoms with E-state index in [0.717, 1.165) is 10.5 Å². The van der Waals surface area contributed by atoms with Crippen LogP contribution in [0.2, 0.25) is 0 Å². The number of benzene rings is 2. The van der Waals surface area contributed by atoms with E-state index >= 15 is 0 Å². The summed E-state index contributed by atoms with van der Waals surface area (Å²) >= 11 is 0. The molecule has 7 heteroatoms. The van der Waals surface area contributed by atoms with E-state index in [1.165, 1.54) is 24.3 Å². The van der Waals surface area contributed by atoms with Crippen LogP contribution in [0.1, 0.15) is 18.4 Å². The van der Waals surface area contributed by atoms with Crippen LogP contribution in [0.3, 0.4) is 0 Å². The van der Waals surface area contributed by atoms with Crippen LogP contribution in [0.4, 0.5) is 4.39 Å². The number of halogens is 1. The van der Waals surface area contributed by atoms with Crippen LogP contribution < -0.4 is 10.1 Å². The monoisotopic (exact) mass is 356 g/mol. The number of carbonyl (C=O) groups is 3. The van der Waals surface area contributed by atoms with Gasteiger partial charge in [0.2, 0.25) is 17.7 Å². The summed E-state index contributed by atoms with van der Waals surface area (Å²) in [4.78, 5) is 36.0. The van der Waals surface area contributed by atoms with Crippen molar-refractivity contribution in [2.45, 2.75) is 19.4 Å². The molecular weight excluding hydrogens is 339 g/mol. The van der Waals surface area contributed by atoms with Gasteiger partial charge >= 0.3 is 0 Å². The van der Waals surface area contributed by atoms with Crippen LogP contribution in [0.25, 0.3) is 0 Å². The van der Waals surface area contributed by atoms with Crippen molar-refractivity contribution in [3.05, 3.63) is 59.9 Å². The van der Waals surface area contributed by atoms with E-state index in [1.54, 1.807) is 18.2 Å². The summed E-state index contributed by atoms with van der Waals surface area (Å²) in [6, 6.07) is 12.7. The topological polar surface area (TPSA) is 75.7 Å². The molecule has 0 saturated carbocycles. The lowest BCUT2D eigenvalue weighted by molar-refractivity contribution is -0.142. The lowest BCUT2D eigenvalue weighted by atomic mass is 10.2. The van der Waals surface area contributed by atoms with Crippen LogP contribution in [0.5, 0.6) is 11.5 Å². The largest absolute Gasteiger partial charge is 0.457 e. The normalized spacial score (nSPS) is 13.8. The number of carbonyl (C=O) groups excluding carboxylic acids is 3. The van der Waals surface area contributed by atoms with Crippen LogP contribution in [-0.2, 0) is 20.9 Å². The molecule has 0 atom stereocenters. The molecular formula is C19H17FN2O4. The van der Waals surface area contributed by atoms with Gasteiger partial charge < -0.3 is 10.1 Å². The highest BCUT2D eigenvalue weighted by atomic mass is 19.1. The standard InChI is InChI=1S/C19H17FN2O4/c20-14-4-6-15(7-5-14)26-16-3-1-2-13(10-16)11-21-17(23)12-22-18(24)8-9-19(22)25/h1-7,10H,8-9,11-12H2,(H,21,23). The Morgan fingerprint density at radius 3 is 2.42 bits per heavy atom. The van der Waals surface area contributed by atoms with Crippen molar-refractivity contribution in [1.29, 1.82) is 0 Å². The van der Waals surface area contributed by atoms with E-state index in [1.807, 2.05) is 6.07 Å². The van der Waals surface area contributed by atoms with E-state index in [0.29, 0.717) is 11.5 Å². The van der Waals surface area contributed by atoms with Gasteiger partial charge in [0.1, 0.15) is 23.9 Å². The maximum atomic E-state index is 12.9. The van der Waals surface area contributed by atoms with Gasteiger partial charge in [-0.3, -0.25) is 19.3 Å². The average molecular weight is 356 g/mol. The summed E-state index contributed by atoms with van der Waals surface area (Å²) < 4.78 is 18.6. The Morgan fingerprint density at radius 1 is 1.04 bits per heavy atom. The first-order valence-corrected chi connectivity index (χ1v) is 8.13. The van der Waals surface area contributed by atoms with Gasteiger partial charge in [-0.25, -0.2) is 4.39 Å². The molecule has 0 aliphatic carbocycles. The minimum absolute atomic E-state index is 0.162. The Morgan fingerprint density at radius 2 is 1.73 bits per heavy atom. The molecule has 0 bridgehead atoms. The number of rotatable bonds is 6. The molecule has 6 nitrogen and oxygen atoms in total. The van der Waals surface area contributed by atoms with Crippen molar-refractivity contribution < 1.29 is 23.5 Å². The van der Waals surface area contributed by atoms with Crippen LogP contribution >= 0.6 is 0 Å². The zero-order valence-electron chi connectivity index (χ0n) is 13.9. The van der Waals surface area contributed by atoms with Crippen molar-refractivity contribution in [3.8, 4) is 11.5 Å². The number of hydrogen-bond donors (Lipinski definition) is 1. The lowest BCUT2D eigenvalue weighted by Gasteiger charge is -2.13. The van der Waals surface area contributed by atoms with Crippen molar-refractivity contribution in [2.75, 3.05) is 6.54 Å². The Kier molecular flexibility index (Phi) is 5.26. The van der Waals surface area contributed by atoms with Crippen molar-refractivity contribution >= 4 is 17.7 Å². The zero-order valence-corrected chi connectivity index (χ0v) is 13.9. The Bertz CT molecular complexity index is 820. The molecule has 1 aliphatic heterocycles. The summed E-state index contributed by atoms with van der Waals surface area (Å²) in [5.41, 5.74) is 0.789. The second kappa shape index (κ2) is 7.77. The molecule has 3 amide bonds. The third kappa shape index (κ3) is 4.44. The first kappa shape index (κ1) is 17.6. The fourth-order valence-electron chi connectivity index (χ4n) is 2.56. The number of hydrogen-bond acceptors (Lipinski definition) is 4. The Labute approximate surface area is 149 Å². The maximum Gasteiger partial charge on any atom is 0.240 e. The predicted octanol–water partition coefficient (Wildman–Crippen LogP) is 2.38. The highest BCUT2D eigenvalue weighted by Crippen LogP contribution is 2.22. The summed E-state index contributed by atoms with van der Waals surface area (Å²) in [7, 11) is 0. The van der Waals surface area contributed by atoms with Crippen molar-refractivity contribution in [2.24, 2.45) is 0 Å². The fourth-order valence-corrected chi connectivity index (χ4v) is 2.56. The molecule has 0 radical (unpaired) electrons. The molecule has 1 saturated heterocycles.